The SMILES string of the molecule is CCNC(=O)c1ccc(N)cc1N1CCNC(=O)C1C. The van der Waals surface area contributed by atoms with Crippen molar-refractivity contribution >= 4 is 23.2 Å². The van der Waals surface area contributed by atoms with Gasteiger partial charge in [-0.05, 0) is 32.0 Å². The largest absolute Gasteiger partial charge is 0.399 e. The maximum absolute atomic E-state index is 12.1. The van der Waals surface area contributed by atoms with Crippen molar-refractivity contribution in [1.82, 2.24) is 10.6 Å². The number of piperazine rings is 1. The molecular weight excluding hydrogens is 256 g/mol. The summed E-state index contributed by atoms with van der Waals surface area (Å²) in [6, 6.07) is 4.83. The highest BCUT2D eigenvalue weighted by Gasteiger charge is 2.28. The van der Waals surface area contributed by atoms with Crippen LogP contribution in [0.25, 0.3) is 0 Å². The van der Waals surface area contributed by atoms with Gasteiger partial charge in [-0.25, -0.2) is 0 Å². The number of benzene rings is 1. The summed E-state index contributed by atoms with van der Waals surface area (Å²) in [6.45, 7) is 5.46. The van der Waals surface area contributed by atoms with Gasteiger partial charge in [0.1, 0.15) is 6.04 Å². The van der Waals surface area contributed by atoms with Crippen LogP contribution >= 0.6 is 0 Å². The van der Waals surface area contributed by atoms with E-state index in [9.17, 15) is 9.59 Å². The molecule has 1 unspecified atom stereocenters. The monoisotopic (exact) mass is 276 g/mol. The Labute approximate surface area is 118 Å². The van der Waals surface area contributed by atoms with E-state index in [4.69, 9.17) is 5.73 Å². The van der Waals surface area contributed by atoms with E-state index in [1.54, 1.807) is 18.2 Å². The third kappa shape index (κ3) is 2.68. The van der Waals surface area contributed by atoms with Crippen molar-refractivity contribution in [2.24, 2.45) is 0 Å². The number of carbonyl (C=O) groups excluding carboxylic acids is 2. The van der Waals surface area contributed by atoms with Gasteiger partial charge in [-0.15, -0.1) is 0 Å². The summed E-state index contributed by atoms with van der Waals surface area (Å²) in [5, 5.41) is 5.59. The summed E-state index contributed by atoms with van der Waals surface area (Å²) in [7, 11) is 0. The van der Waals surface area contributed by atoms with Crippen LogP contribution in [0.1, 0.15) is 24.2 Å². The minimum atomic E-state index is -0.321. The number of nitrogens with one attached hydrogen (secondary N) is 2. The summed E-state index contributed by atoms with van der Waals surface area (Å²) >= 11 is 0. The van der Waals surface area contributed by atoms with Crippen molar-refractivity contribution < 1.29 is 9.59 Å². The van der Waals surface area contributed by atoms with E-state index in [-0.39, 0.29) is 17.9 Å². The summed E-state index contributed by atoms with van der Waals surface area (Å²) in [6.07, 6.45) is 0. The van der Waals surface area contributed by atoms with Crippen LogP contribution in [0.2, 0.25) is 0 Å². The predicted molar refractivity (Wildman–Crippen MR) is 78.7 cm³/mol. The number of carbonyl (C=O) groups is 2. The van der Waals surface area contributed by atoms with Crippen molar-refractivity contribution in [3.05, 3.63) is 23.8 Å². The van der Waals surface area contributed by atoms with Crippen LogP contribution in [-0.2, 0) is 4.79 Å². The number of nitrogens with zero attached hydrogens (tertiary/aromatic N) is 1. The number of hydrogen-bond donors (Lipinski definition) is 3. The van der Waals surface area contributed by atoms with E-state index in [2.05, 4.69) is 10.6 Å². The molecule has 1 atom stereocenters. The molecule has 0 radical (unpaired) electrons. The topological polar surface area (TPSA) is 87.5 Å². The normalized spacial score (nSPS) is 18.6. The molecule has 1 aromatic carbocycles. The van der Waals surface area contributed by atoms with E-state index in [0.29, 0.717) is 36.6 Å². The molecule has 20 heavy (non-hydrogen) atoms. The number of nitrogens with two attached hydrogens (primary N) is 1. The van der Waals surface area contributed by atoms with Crippen LogP contribution in [-0.4, -0.2) is 37.5 Å². The molecule has 1 fully saturated rings. The lowest BCUT2D eigenvalue weighted by atomic mass is 10.1. The van der Waals surface area contributed by atoms with Crippen molar-refractivity contribution in [3.8, 4) is 0 Å². The summed E-state index contributed by atoms with van der Waals surface area (Å²) in [4.78, 5) is 25.8. The Hall–Kier alpha value is -2.24. The third-order valence-corrected chi connectivity index (χ3v) is 3.41. The highest BCUT2D eigenvalue weighted by molar-refractivity contribution is 6.01. The molecule has 108 valence electrons. The predicted octanol–water partition coefficient (Wildman–Crippen LogP) is 0.343. The van der Waals surface area contributed by atoms with Gasteiger partial charge >= 0.3 is 0 Å². The molecule has 1 aliphatic heterocycles. The Morgan fingerprint density at radius 2 is 2.30 bits per heavy atom. The van der Waals surface area contributed by atoms with Gasteiger partial charge in [0.15, 0.2) is 0 Å². The van der Waals surface area contributed by atoms with Crippen LogP contribution in [0, 0.1) is 0 Å². The lowest BCUT2D eigenvalue weighted by molar-refractivity contribution is -0.122. The lowest BCUT2D eigenvalue weighted by Gasteiger charge is -2.35. The van der Waals surface area contributed by atoms with E-state index in [1.807, 2.05) is 18.7 Å². The second-order valence-electron chi connectivity index (χ2n) is 4.80. The zero-order chi connectivity index (χ0) is 14.7. The Kier molecular flexibility index (Phi) is 4.12. The second kappa shape index (κ2) is 5.81. The van der Waals surface area contributed by atoms with E-state index in [1.165, 1.54) is 0 Å². The lowest BCUT2D eigenvalue weighted by Crippen LogP contribution is -2.54. The van der Waals surface area contributed by atoms with Crippen LogP contribution in [0.15, 0.2) is 18.2 Å². The van der Waals surface area contributed by atoms with Gasteiger partial charge in [0.05, 0.1) is 11.3 Å². The standard InChI is InChI=1S/C14H20N4O2/c1-3-16-14(20)11-5-4-10(15)8-12(11)18-7-6-17-13(19)9(18)2/h4-5,8-9H,3,6-7,15H2,1-2H3,(H,16,20)(H,17,19). The first kappa shape index (κ1) is 14.2. The zero-order valence-corrected chi connectivity index (χ0v) is 11.8. The first-order valence-electron chi connectivity index (χ1n) is 6.76. The molecule has 0 aromatic heterocycles. The molecule has 0 bridgehead atoms. The average Bonchev–Trinajstić information content (AvgIpc) is 2.42. The Morgan fingerprint density at radius 1 is 1.55 bits per heavy atom. The minimum Gasteiger partial charge on any atom is -0.399 e. The summed E-state index contributed by atoms with van der Waals surface area (Å²) < 4.78 is 0. The second-order valence-corrected chi connectivity index (χ2v) is 4.80. The molecule has 1 saturated heterocycles. The van der Waals surface area contributed by atoms with Crippen LogP contribution in [0.3, 0.4) is 0 Å². The number of hydrogen-bond acceptors (Lipinski definition) is 4. The molecule has 2 rings (SSSR count). The van der Waals surface area contributed by atoms with Gasteiger partial charge in [-0.3, -0.25) is 9.59 Å². The fourth-order valence-corrected chi connectivity index (χ4v) is 2.35. The number of anilines is 2. The highest BCUT2D eigenvalue weighted by Crippen LogP contribution is 2.26. The average molecular weight is 276 g/mol. The van der Waals surface area contributed by atoms with Crippen molar-refractivity contribution in [2.75, 3.05) is 30.3 Å². The van der Waals surface area contributed by atoms with Crippen LogP contribution < -0.4 is 21.3 Å². The van der Waals surface area contributed by atoms with Crippen LogP contribution in [0.4, 0.5) is 11.4 Å². The molecule has 1 aromatic rings. The number of amides is 2. The van der Waals surface area contributed by atoms with Crippen molar-refractivity contribution in [3.63, 3.8) is 0 Å². The van der Waals surface area contributed by atoms with E-state index < -0.39 is 0 Å². The smallest absolute Gasteiger partial charge is 0.253 e. The maximum atomic E-state index is 12.1. The highest BCUT2D eigenvalue weighted by atomic mass is 16.2. The van der Waals surface area contributed by atoms with Gasteiger partial charge < -0.3 is 21.3 Å². The molecule has 4 N–H and O–H groups in total. The van der Waals surface area contributed by atoms with Gasteiger partial charge in [0, 0.05) is 25.3 Å². The molecule has 0 saturated carbocycles. The van der Waals surface area contributed by atoms with E-state index >= 15 is 0 Å². The molecule has 6 heteroatoms. The fourth-order valence-electron chi connectivity index (χ4n) is 2.35. The molecule has 0 spiro atoms. The Balaban J connectivity index is 2.40. The van der Waals surface area contributed by atoms with Crippen molar-refractivity contribution in [1.29, 1.82) is 0 Å². The van der Waals surface area contributed by atoms with Crippen molar-refractivity contribution in [2.45, 2.75) is 19.9 Å². The molecule has 6 nitrogen and oxygen atoms in total. The third-order valence-electron chi connectivity index (χ3n) is 3.41. The molecule has 2 amide bonds. The molecule has 1 heterocycles. The first-order valence-corrected chi connectivity index (χ1v) is 6.76. The number of rotatable bonds is 3. The van der Waals surface area contributed by atoms with E-state index in [0.717, 1.165) is 0 Å². The van der Waals surface area contributed by atoms with Gasteiger partial charge in [-0.1, -0.05) is 0 Å². The Bertz CT molecular complexity index is 530. The minimum absolute atomic E-state index is 0.0412. The summed E-state index contributed by atoms with van der Waals surface area (Å²) in [5.41, 5.74) is 7.66. The molecule has 1 aliphatic rings. The number of nitrogen functional groups attached to an aromatic ring is 1. The quantitative estimate of drug-likeness (QED) is 0.695. The van der Waals surface area contributed by atoms with Gasteiger partial charge in [0.25, 0.3) is 5.91 Å². The van der Waals surface area contributed by atoms with Gasteiger partial charge in [-0.2, -0.15) is 0 Å². The maximum Gasteiger partial charge on any atom is 0.253 e. The molecular formula is C14H20N4O2. The van der Waals surface area contributed by atoms with Gasteiger partial charge in [0.2, 0.25) is 5.91 Å². The molecule has 0 aliphatic carbocycles. The fraction of sp³-hybridized carbons (Fsp3) is 0.429. The first-order chi connectivity index (χ1) is 9.54. The van der Waals surface area contributed by atoms with Crippen LogP contribution in [0.5, 0.6) is 0 Å². The zero-order valence-electron chi connectivity index (χ0n) is 11.8. The Morgan fingerprint density at radius 3 is 3.00 bits per heavy atom. The summed E-state index contributed by atoms with van der Waals surface area (Å²) in [5.74, 6) is -0.193.